The molecule has 0 spiro atoms. The minimum absolute atomic E-state index is 0.446. The first-order valence-electron chi connectivity index (χ1n) is 7.59. The van der Waals surface area contributed by atoms with Crippen molar-refractivity contribution < 1.29 is 4.42 Å². The van der Waals surface area contributed by atoms with Crippen molar-refractivity contribution in [2.45, 2.75) is 71.9 Å². The van der Waals surface area contributed by atoms with Gasteiger partial charge in [0.15, 0.2) is 0 Å². The van der Waals surface area contributed by atoms with Crippen LogP contribution in [0.15, 0.2) is 4.42 Å². The van der Waals surface area contributed by atoms with Crippen LogP contribution in [0.25, 0.3) is 0 Å². The molecule has 5 heteroatoms. The third kappa shape index (κ3) is 6.57. The number of aromatic nitrogens is 2. The van der Waals surface area contributed by atoms with Crippen molar-refractivity contribution in [3.05, 3.63) is 5.89 Å². The lowest BCUT2D eigenvalue weighted by Crippen LogP contribution is -2.19. The van der Waals surface area contributed by atoms with Crippen molar-refractivity contribution in [1.29, 1.82) is 0 Å². The highest BCUT2D eigenvalue weighted by Gasteiger charge is 2.11. The van der Waals surface area contributed by atoms with E-state index in [9.17, 15) is 0 Å². The molecule has 2 N–H and O–H groups in total. The third-order valence-corrected chi connectivity index (χ3v) is 3.04. The molecule has 0 aromatic carbocycles. The first kappa shape index (κ1) is 16.0. The van der Waals surface area contributed by atoms with E-state index < -0.39 is 0 Å². The highest BCUT2D eigenvalue weighted by atomic mass is 16.4. The lowest BCUT2D eigenvalue weighted by Gasteiger charge is -2.15. The monoisotopic (exact) mass is 268 g/mol. The van der Waals surface area contributed by atoms with Crippen molar-refractivity contribution in [1.82, 2.24) is 15.5 Å². The lowest BCUT2D eigenvalue weighted by molar-refractivity contribution is 0.464. The van der Waals surface area contributed by atoms with E-state index >= 15 is 0 Å². The van der Waals surface area contributed by atoms with Crippen LogP contribution in [-0.4, -0.2) is 22.8 Å². The van der Waals surface area contributed by atoms with Crippen molar-refractivity contribution in [2.24, 2.45) is 0 Å². The predicted octanol–water partition coefficient (Wildman–Crippen LogP) is 3.34. The van der Waals surface area contributed by atoms with Crippen LogP contribution in [-0.2, 0) is 6.54 Å². The molecule has 0 aliphatic heterocycles. The van der Waals surface area contributed by atoms with E-state index in [0.717, 1.165) is 25.8 Å². The normalized spacial score (nSPS) is 12.6. The Kier molecular flexibility index (Phi) is 8.21. The van der Waals surface area contributed by atoms with Crippen LogP contribution in [0.1, 0.15) is 65.2 Å². The standard InChI is InChI=1S/C14H28N4O/c1-4-7-9-12(8-5-2)16-14-18-17-13(19-14)11-15-10-6-3/h12,15H,4-11H2,1-3H3,(H,16,18). The number of nitrogens with one attached hydrogen (secondary N) is 2. The van der Waals surface area contributed by atoms with E-state index in [2.05, 4.69) is 41.6 Å². The van der Waals surface area contributed by atoms with Gasteiger partial charge in [0.25, 0.3) is 0 Å². The average molecular weight is 268 g/mol. The summed E-state index contributed by atoms with van der Waals surface area (Å²) in [6.45, 7) is 8.18. The molecule has 0 aliphatic carbocycles. The first-order chi connectivity index (χ1) is 9.30. The summed E-state index contributed by atoms with van der Waals surface area (Å²) < 4.78 is 5.59. The number of unbranched alkanes of at least 4 members (excludes halogenated alkanes) is 1. The molecule has 0 saturated carbocycles. The molecule has 1 atom stereocenters. The first-order valence-corrected chi connectivity index (χ1v) is 7.59. The molecular formula is C14H28N4O. The minimum Gasteiger partial charge on any atom is -0.407 e. The van der Waals surface area contributed by atoms with E-state index in [4.69, 9.17) is 4.42 Å². The van der Waals surface area contributed by atoms with Gasteiger partial charge in [0.05, 0.1) is 6.54 Å². The Morgan fingerprint density at radius 1 is 1.05 bits per heavy atom. The van der Waals surface area contributed by atoms with Crippen molar-refractivity contribution in [3.8, 4) is 0 Å². The fourth-order valence-corrected chi connectivity index (χ4v) is 2.02. The molecular weight excluding hydrogens is 240 g/mol. The molecule has 1 unspecified atom stereocenters. The maximum absolute atomic E-state index is 5.59. The highest BCUT2D eigenvalue weighted by molar-refractivity contribution is 5.19. The van der Waals surface area contributed by atoms with Crippen LogP contribution in [0.2, 0.25) is 0 Å². The minimum atomic E-state index is 0.446. The van der Waals surface area contributed by atoms with Crippen LogP contribution in [0.4, 0.5) is 6.01 Å². The van der Waals surface area contributed by atoms with Gasteiger partial charge in [-0.2, -0.15) is 0 Å². The number of rotatable bonds is 11. The van der Waals surface area contributed by atoms with Crippen LogP contribution in [0, 0.1) is 0 Å². The van der Waals surface area contributed by atoms with Gasteiger partial charge < -0.3 is 15.1 Å². The Labute approximate surface area is 116 Å². The van der Waals surface area contributed by atoms with Gasteiger partial charge in [-0.05, 0) is 25.8 Å². The van der Waals surface area contributed by atoms with E-state index in [1.165, 1.54) is 19.3 Å². The summed E-state index contributed by atoms with van der Waals surface area (Å²) in [6.07, 6.45) is 7.03. The second-order valence-electron chi connectivity index (χ2n) is 4.95. The Morgan fingerprint density at radius 2 is 1.89 bits per heavy atom. The van der Waals surface area contributed by atoms with Gasteiger partial charge in [-0.25, -0.2) is 0 Å². The quantitative estimate of drug-likeness (QED) is 0.603. The smallest absolute Gasteiger partial charge is 0.315 e. The molecule has 0 bridgehead atoms. The van der Waals surface area contributed by atoms with Crippen molar-refractivity contribution >= 4 is 6.01 Å². The Hall–Kier alpha value is -1.10. The molecule has 1 heterocycles. The average Bonchev–Trinajstić information content (AvgIpc) is 2.84. The Bertz CT molecular complexity index is 327. The fraction of sp³-hybridized carbons (Fsp3) is 0.857. The van der Waals surface area contributed by atoms with Crippen LogP contribution in [0.3, 0.4) is 0 Å². The SMILES string of the molecule is CCCCC(CCC)Nc1nnc(CNCCC)o1. The second-order valence-corrected chi connectivity index (χ2v) is 4.95. The predicted molar refractivity (Wildman–Crippen MR) is 78.1 cm³/mol. The molecule has 1 aromatic heterocycles. The van der Waals surface area contributed by atoms with Crippen LogP contribution >= 0.6 is 0 Å². The number of hydrogen-bond donors (Lipinski definition) is 2. The van der Waals surface area contributed by atoms with E-state index in [-0.39, 0.29) is 0 Å². The molecule has 0 amide bonds. The largest absolute Gasteiger partial charge is 0.407 e. The van der Waals surface area contributed by atoms with Gasteiger partial charge >= 0.3 is 6.01 Å². The topological polar surface area (TPSA) is 63.0 Å². The van der Waals surface area contributed by atoms with E-state index in [0.29, 0.717) is 24.5 Å². The summed E-state index contributed by atoms with van der Waals surface area (Å²) >= 11 is 0. The van der Waals surface area contributed by atoms with Gasteiger partial charge in [0, 0.05) is 6.04 Å². The summed E-state index contributed by atoms with van der Waals surface area (Å²) in [5.41, 5.74) is 0. The third-order valence-electron chi connectivity index (χ3n) is 3.04. The van der Waals surface area contributed by atoms with Crippen molar-refractivity contribution in [2.75, 3.05) is 11.9 Å². The zero-order chi connectivity index (χ0) is 13.9. The van der Waals surface area contributed by atoms with Gasteiger partial charge in [0.2, 0.25) is 5.89 Å². The van der Waals surface area contributed by atoms with Gasteiger partial charge in [0.1, 0.15) is 0 Å². The van der Waals surface area contributed by atoms with Crippen LogP contribution < -0.4 is 10.6 Å². The molecule has 1 rings (SSSR count). The molecule has 0 aliphatic rings. The Morgan fingerprint density at radius 3 is 2.58 bits per heavy atom. The Balaban J connectivity index is 2.40. The molecule has 1 aromatic rings. The molecule has 110 valence electrons. The summed E-state index contributed by atoms with van der Waals surface area (Å²) in [7, 11) is 0. The zero-order valence-corrected chi connectivity index (χ0v) is 12.5. The van der Waals surface area contributed by atoms with Gasteiger partial charge in [-0.3, -0.25) is 0 Å². The molecule has 5 nitrogen and oxygen atoms in total. The molecule has 19 heavy (non-hydrogen) atoms. The number of nitrogens with zero attached hydrogens (tertiary/aromatic N) is 2. The summed E-state index contributed by atoms with van der Waals surface area (Å²) in [6, 6.07) is 1.00. The number of hydrogen-bond acceptors (Lipinski definition) is 5. The van der Waals surface area contributed by atoms with Gasteiger partial charge in [-0.15, -0.1) is 5.10 Å². The second kappa shape index (κ2) is 9.78. The molecule has 0 fully saturated rings. The number of anilines is 1. The highest BCUT2D eigenvalue weighted by Crippen LogP contribution is 2.14. The lowest BCUT2D eigenvalue weighted by atomic mass is 10.1. The summed E-state index contributed by atoms with van der Waals surface area (Å²) in [5, 5.41) is 14.7. The maximum atomic E-state index is 5.59. The fourth-order valence-electron chi connectivity index (χ4n) is 2.02. The van der Waals surface area contributed by atoms with Gasteiger partial charge in [-0.1, -0.05) is 45.1 Å². The summed E-state index contributed by atoms with van der Waals surface area (Å²) in [4.78, 5) is 0. The van der Waals surface area contributed by atoms with Crippen LogP contribution in [0.5, 0.6) is 0 Å². The summed E-state index contributed by atoms with van der Waals surface area (Å²) in [5.74, 6) is 0.654. The molecule has 0 radical (unpaired) electrons. The van der Waals surface area contributed by atoms with E-state index in [1.54, 1.807) is 0 Å². The zero-order valence-electron chi connectivity index (χ0n) is 12.5. The maximum Gasteiger partial charge on any atom is 0.315 e. The van der Waals surface area contributed by atoms with E-state index in [1.807, 2.05) is 0 Å². The molecule has 0 saturated heterocycles. The van der Waals surface area contributed by atoms with Crippen molar-refractivity contribution in [3.63, 3.8) is 0 Å².